The average molecular weight is 217 g/mol. The lowest BCUT2D eigenvalue weighted by Gasteiger charge is -2.20. The first-order valence-electron chi connectivity index (χ1n) is 4.38. The van der Waals surface area contributed by atoms with Gasteiger partial charge in [0, 0.05) is 5.97 Å². The summed E-state index contributed by atoms with van der Waals surface area (Å²) in [4.78, 5) is 31.7. The third kappa shape index (κ3) is 5.63. The Balaban J connectivity index is 4.22. The van der Waals surface area contributed by atoms with E-state index in [-0.39, 0.29) is 6.42 Å². The maximum absolute atomic E-state index is 11.1. The van der Waals surface area contributed by atoms with E-state index in [2.05, 4.69) is 11.1 Å². The summed E-state index contributed by atoms with van der Waals surface area (Å²) in [5.74, 6) is -3.47. The minimum Gasteiger partial charge on any atom is -0.550 e. The van der Waals surface area contributed by atoms with Gasteiger partial charge in [0.2, 0.25) is 0 Å². The molecule has 0 rings (SSSR count). The van der Waals surface area contributed by atoms with Crippen LogP contribution in [-0.4, -0.2) is 29.9 Å². The largest absolute Gasteiger partial charge is 0.550 e. The van der Waals surface area contributed by atoms with E-state index < -0.39 is 36.4 Å². The van der Waals surface area contributed by atoms with E-state index in [1.54, 1.807) is 0 Å². The van der Waals surface area contributed by atoms with Gasteiger partial charge in [-0.2, -0.15) is 0 Å². The molecule has 0 bridgehead atoms. The first-order chi connectivity index (χ1) is 6.84. The molecule has 0 saturated heterocycles. The Morgan fingerprint density at radius 2 is 1.87 bits per heavy atom. The second-order valence-electron chi connectivity index (χ2n) is 3.19. The molecule has 7 nitrogen and oxygen atoms in total. The van der Waals surface area contributed by atoms with Crippen molar-refractivity contribution in [2.45, 2.75) is 31.8 Å². The Labute approximate surface area is 86.3 Å². The van der Waals surface area contributed by atoms with Crippen LogP contribution in [0.5, 0.6) is 0 Å². The van der Waals surface area contributed by atoms with Crippen LogP contribution in [0.1, 0.15) is 19.8 Å². The smallest absolute Gasteiger partial charge is 0.278 e. The number of rotatable bonds is 6. The Kier molecular flexibility index (Phi) is 5.32. The number of aliphatic carboxylic acids is 2. The topological polar surface area (TPSA) is 137 Å². The van der Waals surface area contributed by atoms with Gasteiger partial charge in [-0.3, -0.25) is 4.79 Å². The zero-order valence-electron chi connectivity index (χ0n) is 8.32. The molecule has 1 amide bonds. The van der Waals surface area contributed by atoms with Gasteiger partial charge in [0.05, 0.1) is 12.0 Å². The fourth-order valence-electron chi connectivity index (χ4n) is 0.825. The fraction of sp³-hybridized carbons (Fsp3) is 0.625. The van der Waals surface area contributed by atoms with E-state index >= 15 is 0 Å². The van der Waals surface area contributed by atoms with Crippen LogP contribution in [0.3, 0.4) is 0 Å². The second kappa shape index (κ2) is 5.97. The highest BCUT2D eigenvalue weighted by Gasteiger charge is 2.17. The molecule has 0 saturated carbocycles. The molecule has 0 heterocycles. The maximum atomic E-state index is 11.1. The van der Waals surface area contributed by atoms with Crippen molar-refractivity contribution in [1.29, 1.82) is 0 Å². The van der Waals surface area contributed by atoms with Crippen molar-refractivity contribution in [2.24, 2.45) is 0 Å². The number of carboxylic acids is 2. The van der Waals surface area contributed by atoms with Gasteiger partial charge < -0.3 is 30.9 Å². The Hall–Kier alpha value is -1.63. The number of carboxylic acid groups (broad SMARTS) is 2. The van der Waals surface area contributed by atoms with Gasteiger partial charge in [-0.25, -0.2) is 0 Å². The van der Waals surface area contributed by atoms with Gasteiger partial charge in [-0.1, -0.05) is 0 Å². The summed E-state index contributed by atoms with van der Waals surface area (Å²) in [6.07, 6.45) is -0.715. The van der Waals surface area contributed by atoms with Crippen molar-refractivity contribution in [1.82, 2.24) is 5.32 Å². The summed E-state index contributed by atoms with van der Waals surface area (Å²) in [6.45, 7) is 1.49. The van der Waals surface area contributed by atoms with Crippen molar-refractivity contribution < 1.29 is 30.3 Å². The lowest BCUT2D eigenvalue weighted by atomic mass is 10.1. The van der Waals surface area contributed by atoms with Gasteiger partial charge in [0.25, 0.3) is 5.91 Å². The minimum atomic E-state index is -1.52. The van der Waals surface area contributed by atoms with E-state index in [9.17, 15) is 24.6 Å². The van der Waals surface area contributed by atoms with Gasteiger partial charge in [-0.05, 0) is 19.8 Å². The third-order valence-corrected chi connectivity index (χ3v) is 1.69. The van der Waals surface area contributed by atoms with Gasteiger partial charge in [0.15, 0.2) is 6.04 Å². The van der Waals surface area contributed by atoms with Crippen molar-refractivity contribution >= 4 is 17.8 Å². The van der Waals surface area contributed by atoms with Crippen LogP contribution in [0, 0.1) is 0 Å². The van der Waals surface area contributed by atoms with Gasteiger partial charge in [0.1, 0.15) is 0 Å². The van der Waals surface area contributed by atoms with E-state index in [1.165, 1.54) is 6.92 Å². The van der Waals surface area contributed by atoms with Gasteiger partial charge >= 0.3 is 0 Å². The molecule has 4 N–H and O–H groups in total. The highest BCUT2D eigenvalue weighted by atomic mass is 16.4. The summed E-state index contributed by atoms with van der Waals surface area (Å²) >= 11 is 0. The number of carbonyl (C=O) groups excluding carboxylic acids is 3. The summed E-state index contributed by atoms with van der Waals surface area (Å²) < 4.78 is 0. The molecule has 0 fully saturated rings. The van der Waals surface area contributed by atoms with E-state index in [4.69, 9.17) is 0 Å². The van der Waals surface area contributed by atoms with Crippen LogP contribution in [0.25, 0.3) is 0 Å². The van der Waals surface area contributed by atoms with Crippen LogP contribution in [-0.2, 0) is 14.4 Å². The number of amides is 1. The summed E-state index contributed by atoms with van der Waals surface area (Å²) in [6, 6.07) is -1.94. The lowest BCUT2D eigenvalue weighted by Crippen LogP contribution is -2.67. The van der Waals surface area contributed by atoms with E-state index in [1.807, 2.05) is 0 Å². The number of carbonyl (C=O) groups is 3. The first-order valence-corrected chi connectivity index (χ1v) is 4.38. The van der Waals surface area contributed by atoms with Crippen molar-refractivity contribution in [3.63, 3.8) is 0 Å². The number of hydrogen-bond acceptors (Lipinski definition) is 5. The highest BCUT2D eigenvalue weighted by Crippen LogP contribution is 1.96. The predicted molar refractivity (Wildman–Crippen MR) is 43.5 cm³/mol. The molecule has 0 aromatic carbocycles. The quantitative estimate of drug-likeness (QED) is 0.461. The summed E-state index contributed by atoms with van der Waals surface area (Å²) in [5.41, 5.74) is 3.39. The van der Waals surface area contributed by atoms with Crippen molar-refractivity contribution in [2.75, 3.05) is 0 Å². The number of nitrogens with one attached hydrogen (secondary N) is 1. The molecule has 7 heteroatoms. The molecule has 86 valence electrons. The molecule has 0 aromatic rings. The summed E-state index contributed by atoms with van der Waals surface area (Å²) in [7, 11) is 0. The second-order valence-corrected chi connectivity index (χ2v) is 3.19. The molecule has 0 aliphatic carbocycles. The molecule has 2 atom stereocenters. The minimum absolute atomic E-state index is 0.261. The molecule has 0 aliphatic rings. The zero-order chi connectivity index (χ0) is 12.0. The van der Waals surface area contributed by atoms with Crippen LogP contribution in [0.2, 0.25) is 0 Å². The molecular weight excluding hydrogens is 204 g/mol. The third-order valence-electron chi connectivity index (χ3n) is 1.69. The zero-order valence-corrected chi connectivity index (χ0v) is 8.32. The molecule has 0 aliphatic heterocycles. The molecule has 0 unspecified atom stereocenters. The maximum Gasteiger partial charge on any atom is 0.278 e. The lowest BCUT2D eigenvalue weighted by molar-refractivity contribution is -0.398. The molecule has 0 radical (unpaired) electrons. The van der Waals surface area contributed by atoms with Crippen molar-refractivity contribution in [3.8, 4) is 0 Å². The molecule has 15 heavy (non-hydrogen) atoms. The van der Waals surface area contributed by atoms with Gasteiger partial charge in [-0.15, -0.1) is 0 Å². The predicted octanol–water partition coefficient (Wildman–Crippen LogP) is -4.62. The number of hydrogen-bond donors (Lipinski definition) is 2. The normalized spacial score (nSPS) is 14.0. The van der Waals surface area contributed by atoms with Crippen molar-refractivity contribution in [3.05, 3.63) is 0 Å². The standard InChI is InChI=1S/C8H14N2O5/c1-4(9)7(13)10-5(8(14)15)2-3-6(11)12/h4-5H,2-3,9H2,1H3,(H,10,13)(H,11,12)(H,14,15)/p-1/t4-,5-/m1/s1. The van der Waals surface area contributed by atoms with E-state index in [0.29, 0.717) is 0 Å². The van der Waals surface area contributed by atoms with Crippen LogP contribution >= 0.6 is 0 Å². The summed E-state index contributed by atoms with van der Waals surface area (Å²) in [5, 5.41) is 22.7. The number of quaternary nitrogens is 1. The molecule has 0 spiro atoms. The van der Waals surface area contributed by atoms with Crippen LogP contribution < -0.4 is 21.3 Å². The van der Waals surface area contributed by atoms with Crippen LogP contribution in [0.15, 0.2) is 0 Å². The van der Waals surface area contributed by atoms with E-state index in [0.717, 1.165) is 0 Å². The Morgan fingerprint density at radius 3 is 2.20 bits per heavy atom. The highest BCUT2D eigenvalue weighted by molar-refractivity contribution is 5.85. The SMILES string of the molecule is C[C@@H]([NH3+])C(=O)N[C@H](CCC(=O)[O-])C(=O)[O-]. The average Bonchev–Trinajstić information content (AvgIpc) is 2.10. The monoisotopic (exact) mass is 217 g/mol. The molecule has 0 aromatic heterocycles. The Bertz CT molecular complexity index is 264. The van der Waals surface area contributed by atoms with Crippen LogP contribution in [0.4, 0.5) is 0 Å². The first kappa shape index (κ1) is 13.4. The fourth-order valence-corrected chi connectivity index (χ4v) is 0.825. The Morgan fingerprint density at radius 1 is 1.33 bits per heavy atom. The molecular formula is C8H13N2O5-.